The number of carbonyl (C=O) groups excluding carboxylic acids is 1. The van der Waals surface area contributed by atoms with Crippen LogP contribution in [0.15, 0.2) is 126 Å². The molecule has 4 aromatic carbocycles. The topological polar surface area (TPSA) is 29.4 Å². The van der Waals surface area contributed by atoms with E-state index < -0.39 is 7.05 Å². The van der Waals surface area contributed by atoms with E-state index in [0.29, 0.717) is 5.92 Å². The smallest absolute Gasteiger partial charge is 0.163 e. The average Bonchev–Trinajstić information content (AvgIpc) is 3.48. The lowest BCUT2D eigenvalue weighted by molar-refractivity contribution is -0.112. The Balaban J connectivity index is 1.72. The lowest BCUT2D eigenvalue weighted by Crippen LogP contribution is -2.25. The molecule has 0 unspecified atom stereocenters. The molecule has 5 radical (unpaired) electrons. The molecular weight excluding hydrogens is 445 g/mol. The molecule has 1 fully saturated rings. The molecule has 0 bridgehead atoms. The fraction of sp³-hybridized carbons (Fsp3) is 0. The third-order valence-corrected chi connectivity index (χ3v) is 9.60. The SMILES string of the molecule is O=C(/C=C/c1ccccc1N=P(c1ccccc1)(c1ccccc1)c1ccccc1)[C]1[CH][CH][CH][CH]1. The van der Waals surface area contributed by atoms with Gasteiger partial charge in [0.25, 0.3) is 0 Å². The van der Waals surface area contributed by atoms with Gasteiger partial charge in [-0.1, -0.05) is 109 Å². The minimum absolute atomic E-state index is 0.0139. The van der Waals surface area contributed by atoms with Crippen molar-refractivity contribution in [1.82, 2.24) is 0 Å². The average molecular weight is 471 g/mol. The summed E-state index contributed by atoms with van der Waals surface area (Å²) in [4.78, 5) is 12.6. The number of ketones is 1. The third-order valence-electron chi connectivity index (χ3n) is 5.95. The molecule has 0 aromatic heterocycles. The van der Waals surface area contributed by atoms with Crippen LogP contribution in [0.3, 0.4) is 0 Å². The molecule has 0 spiro atoms. The quantitative estimate of drug-likeness (QED) is 0.224. The van der Waals surface area contributed by atoms with Crippen LogP contribution in [-0.4, -0.2) is 5.78 Å². The fourth-order valence-electron chi connectivity index (χ4n) is 4.23. The van der Waals surface area contributed by atoms with Gasteiger partial charge in [-0.25, -0.2) is 0 Å². The Hall–Kier alpha value is -3.48. The van der Waals surface area contributed by atoms with Crippen LogP contribution < -0.4 is 15.9 Å². The Morgan fingerprint density at radius 2 is 1.06 bits per heavy atom. The summed E-state index contributed by atoms with van der Waals surface area (Å²) in [5.41, 5.74) is 1.78. The van der Waals surface area contributed by atoms with E-state index in [1.165, 1.54) is 15.9 Å². The van der Waals surface area contributed by atoms with E-state index >= 15 is 0 Å². The minimum atomic E-state index is -2.39. The van der Waals surface area contributed by atoms with Crippen LogP contribution in [-0.2, 0) is 4.79 Å². The molecule has 4 aromatic rings. The Kier molecular flexibility index (Phi) is 7.21. The highest BCUT2D eigenvalue weighted by Gasteiger charge is 2.27. The van der Waals surface area contributed by atoms with Gasteiger partial charge in [-0.15, -0.1) is 0 Å². The molecule has 0 N–H and O–H groups in total. The number of allylic oxidation sites excluding steroid dienone is 1. The molecule has 0 atom stereocenters. The number of rotatable bonds is 7. The summed E-state index contributed by atoms with van der Waals surface area (Å²) in [6.07, 6.45) is 10.9. The van der Waals surface area contributed by atoms with Gasteiger partial charge in [0, 0.05) is 21.5 Å². The first-order valence-corrected chi connectivity index (χ1v) is 13.3. The first-order valence-electron chi connectivity index (χ1n) is 11.6. The molecule has 0 aliphatic heterocycles. The molecule has 5 rings (SSSR count). The van der Waals surface area contributed by atoms with E-state index in [2.05, 4.69) is 72.8 Å². The highest BCUT2D eigenvalue weighted by atomic mass is 31.2. The Morgan fingerprint density at radius 3 is 1.57 bits per heavy atom. The number of benzene rings is 4. The second-order valence-electron chi connectivity index (χ2n) is 8.17. The van der Waals surface area contributed by atoms with Gasteiger partial charge in [0.1, 0.15) is 0 Å². The molecule has 1 aliphatic carbocycles. The Labute approximate surface area is 208 Å². The number of nitrogens with zero attached hydrogens (tertiary/aromatic N) is 1. The van der Waals surface area contributed by atoms with Crippen LogP contribution in [0, 0.1) is 31.6 Å². The highest BCUT2D eigenvalue weighted by molar-refractivity contribution is 7.87. The molecular formula is C32H25NOP. The molecule has 0 saturated heterocycles. The zero-order chi connectivity index (χ0) is 23.9. The third kappa shape index (κ3) is 4.99. The second kappa shape index (κ2) is 10.8. The standard InChI is InChI=1S/C32H25NOP/c34-32(27-15-10-11-16-27)25-24-26-14-12-13-23-31(26)33-35(28-17-4-1-5-18-28,29-19-6-2-7-20-29)30-21-8-3-9-22-30/h1-25H/b25-24+. The van der Waals surface area contributed by atoms with Crippen LogP contribution in [0.25, 0.3) is 6.08 Å². The van der Waals surface area contributed by atoms with Crippen molar-refractivity contribution < 1.29 is 4.79 Å². The van der Waals surface area contributed by atoms with Crippen molar-refractivity contribution in [3.05, 3.63) is 159 Å². The zero-order valence-electron chi connectivity index (χ0n) is 19.2. The van der Waals surface area contributed by atoms with E-state index in [4.69, 9.17) is 4.74 Å². The molecule has 0 heterocycles. The molecule has 1 aliphatic rings. The van der Waals surface area contributed by atoms with Crippen molar-refractivity contribution in [3.63, 3.8) is 0 Å². The van der Waals surface area contributed by atoms with Gasteiger partial charge in [-0.2, -0.15) is 0 Å². The van der Waals surface area contributed by atoms with Crippen LogP contribution in [0.5, 0.6) is 0 Å². The maximum Gasteiger partial charge on any atom is 0.163 e. The van der Waals surface area contributed by atoms with E-state index in [1.54, 1.807) is 6.08 Å². The fourth-order valence-corrected chi connectivity index (χ4v) is 7.79. The molecule has 2 nitrogen and oxygen atoms in total. The second-order valence-corrected chi connectivity index (χ2v) is 11.2. The maximum absolute atomic E-state index is 12.6. The number of carbonyl (C=O) groups is 1. The molecule has 3 heteroatoms. The van der Waals surface area contributed by atoms with Crippen LogP contribution in [0.2, 0.25) is 0 Å². The van der Waals surface area contributed by atoms with Crippen LogP contribution >= 0.6 is 7.05 Å². The first kappa shape index (κ1) is 23.3. The van der Waals surface area contributed by atoms with Gasteiger partial charge in [-0.3, -0.25) is 9.54 Å². The summed E-state index contributed by atoms with van der Waals surface area (Å²) < 4.78 is 5.59. The highest BCUT2D eigenvalue weighted by Crippen LogP contribution is 2.49. The summed E-state index contributed by atoms with van der Waals surface area (Å²) >= 11 is 0. The van der Waals surface area contributed by atoms with Gasteiger partial charge >= 0.3 is 0 Å². The predicted octanol–water partition coefficient (Wildman–Crippen LogP) is 6.48. The van der Waals surface area contributed by atoms with E-state index in [-0.39, 0.29) is 5.78 Å². The van der Waals surface area contributed by atoms with Gasteiger partial charge in [0.15, 0.2) is 5.78 Å². The lowest BCUT2D eigenvalue weighted by atomic mass is 10.0. The predicted molar refractivity (Wildman–Crippen MR) is 148 cm³/mol. The lowest BCUT2D eigenvalue weighted by Gasteiger charge is -2.27. The van der Waals surface area contributed by atoms with Gasteiger partial charge in [0.05, 0.1) is 18.7 Å². The van der Waals surface area contributed by atoms with Crippen molar-refractivity contribution in [3.8, 4) is 0 Å². The zero-order valence-corrected chi connectivity index (χ0v) is 20.1. The summed E-state index contributed by atoms with van der Waals surface area (Å²) in [5.74, 6) is 0.676. The summed E-state index contributed by atoms with van der Waals surface area (Å²) in [6.45, 7) is 0. The minimum Gasteiger partial charge on any atom is -0.294 e. The van der Waals surface area contributed by atoms with E-state index in [9.17, 15) is 4.79 Å². The van der Waals surface area contributed by atoms with E-state index in [0.717, 1.165) is 11.3 Å². The van der Waals surface area contributed by atoms with Gasteiger partial charge in [-0.05, 0) is 43.9 Å². The Bertz CT molecular complexity index is 1250. The number of hydrogen-bond donors (Lipinski definition) is 0. The number of hydrogen-bond acceptors (Lipinski definition) is 2. The van der Waals surface area contributed by atoms with Crippen molar-refractivity contribution in [2.24, 2.45) is 4.74 Å². The summed E-state index contributed by atoms with van der Waals surface area (Å²) in [5, 5.41) is 3.55. The van der Waals surface area contributed by atoms with Crippen LogP contribution in [0.4, 0.5) is 5.69 Å². The molecule has 169 valence electrons. The molecule has 0 amide bonds. The molecule has 35 heavy (non-hydrogen) atoms. The summed E-state index contributed by atoms with van der Waals surface area (Å²) in [7, 11) is -2.39. The molecule has 1 saturated carbocycles. The Morgan fingerprint density at radius 1 is 0.600 bits per heavy atom. The van der Waals surface area contributed by atoms with Crippen LogP contribution in [0.1, 0.15) is 5.56 Å². The van der Waals surface area contributed by atoms with Crippen molar-refractivity contribution >= 4 is 40.5 Å². The maximum atomic E-state index is 12.6. The summed E-state index contributed by atoms with van der Waals surface area (Å²) in [6, 6.07) is 39.7. The first-order chi connectivity index (χ1) is 17.3. The largest absolute Gasteiger partial charge is 0.294 e. The normalized spacial score (nSPS) is 14.3. The van der Waals surface area contributed by atoms with Gasteiger partial charge in [0.2, 0.25) is 0 Å². The van der Waals surface area contributed by atoms with Gasteiger partial charge < -0.3 is 0 Å². The van der Waals surface area contributed by atoms with Crippen molar-refractivity contribution in [2.45, 2.75) is 0 Å². The van der Waals surface area contributed by atoms with Crippen molar-refractivity contribution in [1.29, 1.82) is 0 Å². The van der Waals surface area contributed by atoms with Crippen molar-refractivity contribution in [2.75, 3.05) is 0 Å². The monoisotopic (exact) mass is 470 g/mol. The van der Waals surface area contributed by atoms with E-state index in [1.807, 2.05) is 74.2 Å².